The summed E-state index contributed by atoms with van der Waals surface area (Å²) in [6.07, 6.45) is 1.37. The topological polar surface area (TPSA) is 59.2 Å². The fourth-order valence-electron chi connectivity index (χ4n) is 1.48. The molecular weight excluding hydrogens is 292 g/mol. The van der Waals surface area contributed by atoms with Gasteiger partial charge in [0.15, 0.2) is 6.61 Å². The molecule has 0 unspecified atom stereocenters. The first-order chi connectivity index (χ1) is 9.47. The summed E-state index contributed by atoms with van der Waals surface area (Å²) in [5.41, 5.74) is -0.412. The molecule has 0 amide bonds. The molecule has 1 heterocycles. The van der Waals surface area contributed by atoms with Crippen LogP contribution < -0.4 is 0 Å². The van der Waals surface area contributed by atoms with Crippen molar-refractivity contribution in [3.63, 3.8) is 0 Å². The quantitative estimate of drug-likeness (QED) is 0.697. The number of hydrogen-bond acceptors (Lipinski definition) is 3. The number of benzene rings is 1. The Morgan fingerprint density at radius 2 is 2.00 bits per heavy atom. The number of aromatic nitrogens is 1. The second kappa shape index (κ2) is 5.83. The van der Waals surface area contributed by atoms with E-state index in [0.717, 1.165) is 18.2 Å². The predicted molar refractivity (Wildman–Crippen MR) is 66.8 cm³/mol. The smallest absolute Gasteiger partial charge is 0.355 e. The van der Waals surface area contributed by atoms with Gasteiger partial charge in [0, 0.05) is 6.20 Å². The van der Waals surface area contributed by atoms with E-state index >= 15 is 0 Å². The highest BCUT2D eigenvalue weighted by atomic mass is 35.5. The molecule has 0 spiro atoms. The fraction of sp³-hybridized carbons (Fsp3) is 0.0769. The van der Waals surface area contributed by atoms with Gasteiger partial charge < -0.3 is 9.72 Å². The van der Waals surface area contributed by atoms with E-state index in [9.17, 15) is 18.4 Å². The Bertz CT molecular complexity index is 669. The molecule has 2 aromatic rings. The van der Waals surface area contributed by atoms with Crippen LogP contribution in [0, 0.1) is 11.6 Å². The van der Waals surface area contributed by atoms with Gasteiger partial charge >= 0.3 is 5.97 Å². The van der Waals surface area contributed by atoms with Crippen molar-refractivity contribution in [2.24, 2.45) is 0 Å². The van der Waals surface area contributed by atoms with Crippen LogP contribution in [0.2, 0.25) is 5.02 Å². The Kier molecular flexibility index (Phi) is 4.14. The number of H-pyrrole nitrogens is 1. The molecule has 4 nitrogen and oxygen atoms in total. The van der Waals surface area contributed by atoms with Crippen molar-refractivity contribution < 1.29 is 23.1 Å². The predicted octanol–water partition coefficient (Wildman–Crippen LogP) is 2.99. The number of halogens is 3. The normalized spacial score (nSPS) is 10.3. The number of ether oxygens (including phenoxy) is 1. The van der Waals surface area contributed by atoms with Crippen LogP contribution in [0.25, 0.3) is 0 Å². The highest BCUT2D eigenvalue weighted by Crippen LogP contribution is 2.12. The number of Topliss-reactive ketones (excluding diaryl/α,β-unsaturated/α-hetero) is 1. The molecule has 104 valence electrons. The number of esters is 1. The van der Waals surface area contributed by atoms with E-state index in [1.54, 1.807) is 0 Å². The van der Waals surface area contributed by atoms with E-state index in [1.165, 1.54) is 12.3 Å². The van der Waals surface area contributed by atoms with Crippen molar-refractivity contribution in [3.8, 4) is 0 Å². The summed E-state index contributed by atoms with van der Waals surface area (Å²) in [6, 6.07) is 3.78. The SMILES string of the molecule is O=C(OCC(=O)c1cc(F)ccc1F)c1cc(Cl)c[nH]1. The first-order valence-electron chi connectivity index (χ1n) is 5.46. The van der Waals surface area contributed by atoms with Crippen molar-refractivity contribution in [2.75, 3.05) is 6.61 Å². The van der Waals surface area contributed by atoms with Crippen LogP contribution >= 0.6 is 11.6 Å². The Morgan fingerprint density at radius 3 is 2.65 bits per heavy atom. The number of hydrogen-bond donors (Lipinski definition) is 1. The van der Waals surface area contributed by atoms with Crippen molar-refractivity contribution in [1.29, 1.82) is 0 Å². The molecule has 7 heteroatoms. The molecule has 0 saturated heterocycles. The number of carbonyl (C=O) groups excluding carboxylic acids is 2. The summed E-state index contributed by atoms with van der Waals surface area (Å²) in [6.45, 7) is -0.699. The first kappa shape index (κ1) is 14.2. The summed E-state index contributed by atoms with van der Waals surface area (Å²) in [4.78, 5) is 25.7. The summed E-state index contributed by atoms with van der Waals surface area (Å²) in [7, 11) is 0. The zero-order chi connectivity index (χ0) is 14.7. The minimum absolute atomic E-state index is 0.0579. The van der Waals surface area contributed by atoms with Gasteiger partial charge in [-0.15, -0.1) is 0 Å². The molecular formula is C13H8ClF2NO3. The lowest BCUT2D eigenvalue weighted by Crippen LogP contribution is -2.15. The molecule has 0 atom stereocenters. The fourth-order valence-corrected chi connectivity index (χ4v) is 1.65. The molecule has 20 heavy (non-hydrogen) atoms. The zero-order valence-corrected chi connectivity index (χ0v) is 10.7. The zero-order valence-electron chi connectivity index (χ0n) is 9.95. The molecule has 0 aliphatic carbocycles. The third kappa shape index (κ3) is 3.21. The molecule has 0 aliphatic heterocycles. The molecule has 0 radical (unpaired) electrons. The Hall–Kier alpha value is -2.21. The van der Waals surface area contributed by atoms with Gasteiger partial charge in [-0.05, 0) is 24.3 Å². The third-order valence-electron chi connectivity index (χ3n) is 2.43. The van der Waals surface area contributed by atoms with Gasteiger partial charge in [-0.2, -0.15) is 0 Å². The van der Waals surface area contributed by atoms with E-state index in [2.05, 4.69) is 9.72 Å². The maximum atomic E-state index is 13.3. The summed E-state index contributed by atoms with van der Waals surface area (Å²) in [5, 5.41) is 0.305. The van der Waals surface area contributed by atoms with Gasteiger partial charge in [0.1, 0.15) is 17.3 Å². The molecule has 0 aliphatic rings. The maximum Gasteiger partial charge on any atom is 0.355 e. The average Bonchev–Trinajstić information content (AvgIpc) is 2.85. The molecule has 0 bridgehead atoms. The standard InChI is InChI=1S/C13H8ClF2NO3/c14-7-3-11(17-5-7)13(19)20-6-12(18)9-4-8(15)1-2-10(9)16/h1-5,17H,6H2. The highest BCUT2D eigenvalue weighted by Gasteiger charge is 2.16. The molecule has 1 aromatic carbocycles. The molecule has 1 N–H and O–H groups in total. The van der Waals surface area contributed by atoms with Crippen molar-refractivity contribution in [1.82, 2.24) is 4.98 Å². The lowest BCUT2D eigenvalue weighted by molar-refractivity contribution is 0.0468. The van der Waals surface area contributed by atoms with Gasteiger partial charge in [-0.25, -0.2) is 13.6 Å². The molecule has 2 rings (SSSR count). The van der Waals surface area contributed by atoms with Gasteiger partial charge in [0.2, 0.25) is 5.78 Å². The van der Waals surface area contributed by atoms with E-state index in [0.29, 0.717) is 5.02 Å². The number of ketones is 1. The van der Waals surface area contributed by atoms with Gasteiger partial charge in [0.25, 0.3) is 0 Å². The van der Waals surface area contributed by atoms with E-state index in [4.69, 9.17) is 11.6 Å². The van der Waals surface area contributed by atoms with Gasteiger partial charge in [-0.1, -0.05) is 11.6 Å². The van der Waals surface area contributed by atoms with Gasteiger partial charge in [0.05, 0.1) is 10.6 Å². The van der Waals surface area contributed by atoms with Gasteiger partial charge in [-0.3, -0.25) is 4.79 Å². The van der Waals surface area contributed by atoms with Crippen LogP contribution in [0.15, 0.2) is 30.5 Å². The number of nitrogens with one attached hydrogen (secondary N) is 1. The van der Waals surface area contributed by atoms with Crippen LogP contribution in [0.5, 0.6) is 0 Å². The first-order valence-corrected chi connectivity index (χ1v) is 5.84. The van der Waals surface area contributed by atoms with Crippen LogP contribution in [-0.4, -0.2) is 23.3 Å². The van der Waals surface area contributed by atoms with Crippen molar-refractivity contribution in [3.05, 3.63) is 58.4 Å². The van der Waals surface area contributed by atoms with Crippen LogP contribution in [0.4, 0.5) is 8.78 Å². The Morgan fingerprint density at radius 1 is 1.25 bits per heavy atom. The average molecular weight is 300 g/mol. The van der Waals surface area contributed by atoms with E-state index in [-0.39, 0.29) is 5.69 Å². The van der Waals surface area contributed by atoms with Crippen molar-refractivity contribution in [2.45, 2.75) is 0 Å². The summed E-state index contributed by atoms with van der Waals surface area (Å²) >= 11 is 5.60. The second-order valence-electron chi connectivity index (χ2n) is 3.86. The minimum atomic E-state index is -0.879. The Labute approximate surface area is 117 Å². The third-order valence-corrected chi connectivity index (χ3v) is 2.65. The van der Waals surface area contributed by atoms with Crippen LogP contribution in [-0.2, 0) is 4.74 Å². The second-order valence-corrected chi connectivity index (χ2v) is 4.29. The maximum absolute atomic E-state index is 13.3. The monoisotopic (exact) mass is 299 g/mol. The minimum Gasteiger partial charge on any atom is -0.453 e. The molecule has 1 aromatic heterocycles. The summed E-state index contributed by atoms with van der Waals surface area (Å²) < 4.78 is 30.9. The lowest BCUT2D eigenvalue weighted by atomic mass is 10.1. The summed E-state index contributed by atoms with van der Waals surface area (Å²) in [5.74, 6) is -3.29. The Balaban J connectivity index is 2.02. The molecule has 0 saturated carbocycles. The largest absolute Gasteiger partial charge is 0.453 e. The molecule has 0 fully saturated rings. The van der Waals surface area contributed by atoms with Crippen molar-refractivity contribution >= 4 is 23.4 Å². The number of carbonyl (C=O) groups is 2. The number of aromatic amines is 1. The highest BCUT2D eigenvalue weighted by molar-refractivity contribution is 6.30. The van der Waals surface area contributed by atoms with E-state index < -0.39 is 35.6 Å². The van der Waals surface area contributed by atoms with Crippen LogP contribution in [0.3, 0.4) is 0 Å². The van der Waals surface area contributed by atoms with Crippen LogP contribution in [0.1, 0.15) is 20.8 Å². The van der Waals surface area contributed by atoms with E-state index in [1.807, 2.05) is 0 Å². The lowest BCUT2D eigenvalue weighted by Gasteiger charge is -2.04. The number of rotatable bonds is 4.